The molecule has 39 heavy (non-hydrogen) atoms. The van der Waals surface area contributed by atoms with Gasteiger partial charge in [0, 0.05) is 13.6 Å². The molecule has 0 fully saturated rings. The number of carbonyl (C=O) groups is 1. The van der Waals surface area contributed by atoms with E-state index in [0.717, 1.165) is 11.4 Å². The number of rotatable bonds is 9. The van der Waals surface area contributed by atoms with Crippen molar-refractivity contribution in [3.63, 3.8) is 0 Å². The monoisotopic (exact) mass is 554 g/mol. The minimum absolute atomic E-state index is 0.274. The lowest BCUT2D eigenvalue weighted by Crippen LogP contribution is -2.51. The normalized spacial score (nSPS) is 16.0. The van der Waals surface area contributed by atoms with Crippen molar-refractivity contribution < 1.29 is 18.5 Å². The first-order chi connectivity index (χ1) is 18.3. The van der Waals surface area contributed by atoms with Crippen LogP contribution in [0, 0.1) is 0 Å². The van der Waals surface area contributed by atoms with Crippen molar-refractivity contribution in [3.8, 4) is 0 Å². The summed E-state index contributed by atoms with van der Waals surface area (Å²) >= 11 is 0. The number of nitrogens with one attached hydrogen (secondary N) is 1. The van der Waals surface area contributed by atoms with E-state index in [0.29, 0.717) is 42.1 Å². The highest BCUT2D eigenvalue weighted by atomic mass is 28.4. The molecule has 214 valence electrons. The van der Waals surface area contributed by atoms with Crippen LogP contribution >= 0.6 is 0 Å². The highest BCUT2D eigenvalue weighted by Crippen LogP contribution is 2.42. The van der Waals surface area contributed by atoms with Gasteiger partial charge in [-0.15, -0.1) is 4.58 Å². The first kappa shape index (κ1) is 30.8. The predicted molar refractivity (Wildman–Crippen MR) is 162 cm³/mol. The molecule has 0 unspecified atom stereocenters. The predicted octanol–water partition coefficient (Wildman–Crippen LogP) is 6.47. The summed E-state index contributed by atoms with van der Waals surface area (Å²) in [5, 5.41) is 3.48. The van der Waals surface area contributed by atoms with Gasteiger partial charge in [0.2, 0.25) is 14.4 Å². The molecule has 0 aliphatic carbocycles. The van der Waals surface area contributed by atoms with E-state index in [9.17, 15) is 4.79 Å². The summed E-state index contributed by atoms with van der Waals surface area (Å²) in [7, 11) is -0.147. The number of ether oxygens (including phenoxy) is 1. The third-order valence-electron chi connectivity index (χ3n) is 7.49. The summed E-state index contributed by atoms with van der Waals surface area (Å²) in [5.74, 6) is 1.43. The smallest absolute Gasteiger partial charge is 0.409 e. The average Bonchev–Trinajstić information content (AvgIpc) is 3.03. The lowest BCUT2D eigenvalue weighted by molar-refractivity contribution is -0.485. The number of carbonyl (C=O) groups excluding carboxylic acids is 1. The second-order valence-electron chi connectivity index (χ2n) is 12.5. The van der Waals surface area contributed by atoms with Gasteiger partial charge in [-0.25, -0.2) is 9.97 Å². The molecule has 0 saturated carbocycles. The van der Waals surface area contributed by atoms with Gasteiger partial charge in [-0.2, -0.15) is 4.79 Å². The molecule has 1 aromatic heterocycles. The van der Waals surface area contributed by atoms with Crippen molar-refractivity contribution in [2.75, 3.05) is 30.4 Å². The summed E-state index contributed by atoms with van der Waals surface area (Å²) in [4.78, 5) is 24.9. The molecular formula is C30H48N5O3Si+. The van der Waals surface area contributed by atoms with Crippen molar-refractivity contribution in [2.24, 2.45) is 0 Å². The molecule has 9 heteroatoms. The van der Waals surface area contributed by atoms with Gasteiger partial charge in [-0.3, -0.25) is 0 Å². The van der Waals surface area contributed by atoms with Gasteiger partial charge in [0.25, 0.3) is 0 Å². The zero-order valence-corrected chi connectivity index (χ0v) is 26.5. The lowest BCUT2D eigenvalue weighted by atomic mass is 10.2. The van der Waals surface area contributed by atoms with Gasteiger partial charge in [0.1, 0.15) is 29.1 Å². The Morgan fingerprint density at radius 3 is 2.26 bits per heavy atom. The van der Waals surface area contributed by atoms with E-state index < -0.39 is 20.0 Å². The number of anilines is 2. The summed E-state index contributed by atoms with van der Waals surface area (Å²) in [6.07, 6.45) is 3.01. The van der Waals surface area contributed by atoms with Crippen LogP contribution < -0.4 is 10.2 Å². The van der Waals surface area contributed by atoms with Gasteiger partial charge < -0.3 is 19.4 Å². The molecule has 1 aliphatic heterocycles. The van der Waals surface area contributed by atoms with E-state index in [1.807, 2.05) is 52.2 Å². The van der Waals surface area contributed by atoms with E-state index in [2.05, 4.69) is 73.9 Å². The van der Waals surface area contributed by atoms with Crippen LogP contribution in [0.1, 0.15) is 73.4 Å². The Morgan fingerprint density at radius 2 is 1.69 bits per heavy atom. The third-order valence-corrected chi connectivity index (χ3v) is 13.6. The zero-order chi connectivity index (χ0) is 29.0. The van der Waals surface area contributed by atoms with E-state index in [-0.39, 0.29) is 6.04 Å². The van der Waals surface area contributed by atoms with Crippen LogP contribution in [-0.4, -0.2) is 67.0 Å². The maximum Gasteiger partial charge on any atom is 0.597 e. The van der Waals surface area contributed by atoms with Crippen molar-refractivity contribution in [2.45, 2.75) is 97.1 Å². The molecule has 1 aromatic carbocycles. The number of aromatic nitrogens is 2. The molecule has 0 radical (unpaired) electrons. The minimum Gasteiger partial charge on any atom is -0.409 e. The van der Waals surface area contributed by atoms with Crippen molar-refractivity contribution >= 4 is 32.3 Å². The van der Waals surface area contributed by atoms with Crippen LogP contribution in [0.4, 0.5) is 16.4 Å². The number of hydrogen-bond acceptors (Lipinski definition) is 7. The fourth-order valence-corrected chi connectivity index (χ4v) is 11.3. The van der Waals surface area contributed by atoms with Crippen LogP contribution in [0.2, 0.25) is 16.6 Å². The molecule has 3 rings (SSSR count). The first-order valence-electron chi connectivity index (χ1n) is 14.1. The number of nitrogens with zero attached hydrogens (tertiary/aromatic N) is 4. The molecule has 1 aliphatic rings. The van der Waals surface area contributed by atoms with E-state index in [1.54, 1.807) is 10.9 Å². The number of hydrogen-bond donors (Lipinski definition) is 1. The quantitative estimate of drug-likeness (QED) is 0.281. The number of benzene rings is 1. The van der Waals surface area contributed by atoms with Gasteiger partial charge in [-0.05, 0) is 43.0 Å². The van der Waals surface area contributed by atoms with Gasteiger partial charge in [0.15, 0.2) is 6.21 Å². The Morgan fingerprint density at radius 1 is 1.08 bits per heavy atom. The third kappa shape index (κ3) is 7.25. The lowest BCUT2D eigenvalue weighted by Gasteiger charge is -2.42. The van der Waals surface area contributed by atoms with Crippen LogP contribution in [0.3, 0.4) is 0 Å². The Kier molecular flexibility index (Phi) is 9.93. The maximum atomic E-state index is 13.6. The standard InChI is InChI=1S/C30H47N5O3Si/c1-21(2)39(22(3)4,23(5)6)37-19-25-16-31-27-26(18-35(25)29(36)38-30(7,8)9)28(33-20-32-27)34(10)17-24-14-12-11-13-15-24/h11-15,18,20-23,25H,16-17,19H2,1-10H3/p+1/t25-/m0/s1. The van der Waals surface area contributed by atoms with E-state index >= 15 is 0 Å². The Balaban J connectivity index is 2.03. The van der Waals surface area contributed by atoms with E-state index in [4.69, 9.17) is 9.16 Å². The highest BCUT2D eigenvalue weighted by Gasteiger charge is 2.47. The van der Waals surface area contributed by atoms with Gasteiger partial charge >= 0.3 is 6.09 Å². The zero-order valence-electron chi connectivity index (χ0n) is 25.5. The minimum atomic E-state index is -2.15. The Labute approximate surface area is 236 Å². The SMILES string of the molecule is CC(C)[Si](OC[C@@H]1CNc2ncnc(N(C)Cc3ccccc3)c2C=[N+]1C(=O)OC(C)(C)C)(C(C)C)C(C)C. The van der Waals surface area contributed by atoms with E-state index in [1.165, 1.54) is 5.56 Å². The van der Waals surface area contributed by atoms with Crippen molar-refractivity contribution in [3.05, 3.63) is 47.8 Å². The Hall–Kier alpha value is -2.78. The van der Waals surface area contributed by atoms with Gasteiger partial charge in [0.05, 0.1) is 13.2 Å². The molecule has 1 N–H and O–H groups in total. The van der Waals surface area contributed by atoms with Crippen molar-refractivity contribution in [1.29, 1.82) is 0 Å². The summed E-state index contributed by atoms with van der Waals surface area (Å²) in [5.41, 5.74) is 2.61. The summed E-state index contributed by atoms with van der Waals surface area (Å²) < 4.78 is 14.5. The summed E-state index contributed by atoms with van der Waals surface area (Å²) in [6, 6.07) is 9.97. The second-order valence-corrected chi connectivity index (χ2v) is 17.9. The number of fused-ring (bicyclic) bond motifs is 1. The fraction of sp³-hybridized carbons (Fsp3) is 0.600. The van der Waals surface area contributed by atoms with Crippen LogP contribution in [0.25, 0.3) is 0 Å². The molecule has 1 amide bonds. The molecule has 8 nitrogen and oxygen atoms in total. The average molecular weight is 555 g/mol. The van der Waals surface area contributed by atoms with Crippen molar-refractivity contribution in [1.82, 2.24) is 9.97 Å². The molecule has 0 spiro atoms. The molecule has 2 heterocycles. The maximum absolute atomic E-state index is 13.6. The summed E-state index contributed by atoms with van der Waals surface area (Å²) in [6.45, 7) is 20.9. The largest absolute Gasteiger partial charge is 0.597 e. The number of amides is 1. The molecule has 0 saturated heterocycles. The highest BCUT2D eigenvalue weighted by molar-refractivity contribution is 6.77. The second kappa shape index (κ2) is 12.6. The van der Waals surface area contributed by atoms with Gasteiger partial charge in [-0.1, -0.05) is 71.9 Å². The van der Waals surface area contributed by atoms with Crippen LogP contribution in [0.5, 0.6) is 0 Å². The molecule has 1 atom stereocenters. The van der Waals surface area contributed by atoms with Crippen LogP contribution in [0.15, 0.2) is 36.7 Å². The first-order valence-corrected chi connectivity index (χ1v) is 16.2. The van der Waals surface area contributed by atoms with Crippen LogP contribution in [-0.2, 0) is 15.7 Å². The molecule has 0 bridgehead atoms. The fourth-order valence-electron chi connectivity index (χ4n) is 5.84. The Bertz CT molecular complexity index is 1120. The topological polar surface area (TPSA) is 79.6 Å². The molecular weight excluding hydrogens is 506 g/mol. The molecule has 2 aromatic rings.